The summed E-state index contributed by atoms with van der Waals surface area (Å²) in [5.41, 5.74) is 1.00. The molecular weight excluding hydrogens is 302 g/mol. The van der Waals surface area contributed by atoms with Crippen molar-refractivity contribution in [3.8, 4) is 0 Å². The van der Waals surface area contributed by atoms with Crippen LogP contribution >= 0.6 is 11.6 Å². The average molecular weight is 326 g/mol. The van der Waals surface area contributed by atoms with E-state index >= 15 is 0 Å². The number of likely N-dealkylation sites (N-methyl/N-ethyl adjacent to an activating group) is 1. The highest BCUT2D eigenvalue weighted by atomic mass is 35.5. The molecule has 122 valence electrons. The molecule has 2 rings (SSSR count). The molecule has 1 aromatic rings. The second-order valence-electron chi connectivity index (χ2n) is 5.60. The molecule has 1 aliphatic rings. The minimum Gasteiger partial charge on any atom is -0.379 e. The fourth-order valence-corrected chi connectivity index (χ4v) is 2.57. The van der Waals surface area contributed by atoms with Gasteiger partial charge in [0.25, 0.3) is 0 Å². The number of amides is 2. The summed E-state index contributed by atoms with van der Waals surface area (Å²) in [6.07, 6.45) is 0. The van der Waals surface area contributed by atoms with E-state index in [0.717, 1.165) is 38.4 Å². The molecule has 1 heterocycles. The zero-order valence-corrected chi connectivity index (χ0v) is 14.0. The first-order valence-corrected chi connectivity index (χ1v) is 8.01. The average Bonchev–Trinajstić information content (AvgIpc) is 2.53. The van der Waals surface area contributed by atoms with Crippen LogP contribution in [0.1, 0.15) is 18.5 Å². The summed E-state index contributed by atoms with van der Waals surface area (Å²) in [5.74, 6) is 0. The zero-order chi connectivity index (χ0) is 15.9. The molecule has 0 saturated carbocycles. The highest BCUT2D eigenvalue weighted by Gasteiger charge is 2.15. The Kier molecular flexibility index (Phi) is 6.49. The number of carbonyl (C=O) groups is 1. The first kappa shape index (κ1) is 17.1. The third kappa shape index (κ3) is 5.16. The Morgan fingerprint density at radius 1 is 1.45 bits per heavy atom. The van der Waals surface area contributed by atoms with Crippen LogP contribution in [-0.4, -0.2) is 62.3 Å². The molecule has 0 radical (unpaired) electrons. The van der Waals surface area contributed by atoms with Crippen molar-refractivity contribution in [1.29, 1.82) is 0 Å². The summed E-state index contributed by atoms with van der Waals surface area (Å²) in [4.78, 5) is 16.3. The number of hydrogen-bond donors (Lipinski definition) is 1. The van der Waals surface area contributed by atoms with Gasteiger partial charge in [0, 0.05) is 38.2 Å². The highest BCUT2D eigenvalue weighted by Crippen LogP contribution is 2.17. The second-order valence-corrected chi connectivity index (χ2v) is 6.04. The molecule has 0 unspecified atom stereocenters. The van der Waals surface area contributed by atoms with Crippen molar-refractivity contribution in [3.05, 3.63) is 34.9 Å². The van der Waals surface area contributed by atoms with Crippen LogP contribution < -0.4 is 5.32 Å². The van der Waals surface area contributed by atoms with Gasteiger partial charge in [-0.25, -0.2) is 4.79 Å². The lowest BCUT2D eigenvalue weighted by atomic mass is 10.1. The Labute approximate surface area is 137 Å². The van der Waals surface area contributed by atoms with E-state index in [0.29, 0.717) is 11.6 Å². The Balaban J connectivity index is 1.77. The summed E-state index contributed by atoms with van der Waals surface area (Å²) in [6, 6.07) is 7.42. The first-order valence-electron chi connectivity index (χ1n) is 7.63. The lowest BCUT2D eigenvalue weighted by molar-refractivity contribution is 0.0357. The van der Waals surface area contributed by atoms with Gasteiger partial charge in [0.2, 0.25) is 0 Å². The summed E-state index contributed by atoms with van der Waals surface area (Å²) >= 11 is 5.98. The molecule has 1 atom stereocenters. The Morgan fingerprint density at radius 3 is 2.86 bits per heavy atom. The third-order valence-electron chi connectivity index (χ3n) is 3.89. The Bertz CT molecular complexity index is 492. The van der Waals surface area contributed by atoms with Crippen LogP contribution in [0.2, 0.25) is 5.02 Å². The number of hydrogen-bond acceptors (Lipinski definition) is 3. The number of halogens is 1. The summed E-state index contributed by atoms with van der Waals surface area (Å²) < 4.78 is 5.32. The van der Waals surface area contributed by atoms with Gasteiger partial charge in [0.15, 0.2) is 0 Å². The molecule has 1 aromatic carbocycles. The van der Waals surface area contributed by atoms with Gasteiger partial charge in [-0.1, -0.05) is 23.7 Å². The van der Waals surface area contributed by atoms with Crippen molar-refractivity contribution in [2.75, 3.05) is 46.4 Å². The monoisotopic (exact) mass is 325 g/mol. The number of carbonyl (C=O) groups excluding carboxylic acids is 1. The molecule has 5 nitrogen and oxygen atoms in total. The Morgan fingerprint density at radius 2 is 2.18 bits per heavy atom. The summed E-state index contributed by atoms with van der Waals surface area (Å²) in [6.45, 7) is 6.97. The normalized spacial score (nSPS) is 17.0. The van der Waals surface area contributed by atoms with Gasteiger partial charge in [-0.2, -0.15) is 0 Å². The van der Waals surface area contributed by atoms with E-state index in [-0.39, 0.29) is 12.1 Å². The molecule has 22 heavy (non-hydrogen) atoms. The quantitative estimate of drug-likeness (QED) is 0.904. The van der Waals surface area contributed by atoms with E-state index in [2.05, 4.69) is 10.2 Å². The standard InChI is InChI=1S/C16H24ClN3O2/c1-13(14-4-3-5-15(17)12-14)18-16(21)19(2)6-7-20-8-10-22-11-9-20/h3-5,12-13H,6-11H2,1-2H3,(H,18,21)/t13-/m1/s1. The molecule has 0 aromatic heterocycles. The van der Waals surface area contributed by atoms with E-state index in [1.54, 1.807) is 4.90 Å². The molecular formula is C16H24ClN3O2. The number of urea groups is 1. The van der Waals surface area contributed by atoms with E-state index in [4.69, 9.17) is 16.3 Å². The summed E-state index contributed by atoms with van der Waals surface area (Å²) in [5, 5.41) is 3.68. The maximum absolute atomic E-state index is 12.2. The van der Waals surface area contributed by atoms with Gasteiger partial charge in [-0.05, 0) is 24.6 Å². The molecule has 1 aliphatic heterocycles. The fourth-order valence-electron chi connectivity index (χ4n) is 2.37. The number of nitrogens with zero attached hydrogens (tertiary/aromatic N) is 2. The van der Waals surface area contributed by atoms with Crippen LogP contribution in [0.15, 0.2) is 24.3 Å². The molecule has 0 aliphatic carbocycles. The molecule has 1 saturated heterocycles. The number of morpholine rings is 1. The largest absolute Gasteiger partial charge is 0.379 e. The molecule has 0 bridgehead atoms. The zero-order valence-electron chi connectivity index (χ0n) is 13.2. The topological polar surface area (TPSA) is 44.8 Å². The van der Waals surface area contributed by atoms with E-state index in [9.17, 15) is 4.79 Å². The summed E-state index contributed by atoms with van der Waals surface area (Å²) in [7, 11) is 1.82. The van der Waals surface area contributed by atoms with Gasteiger partial charge in [0.1, 0.15) is 0 Å². The first-order chi connectivity index (χ1) is 10.6. The fraction of sp³-hybridized carbons (Fsp3) is 0.562. The van der Waals surface area contributed by atoms with Crippen LogP contribution in [-0.2, 0) is 4.74 Å². The maximum atomic E-state index is 12.2. The number of benzene rings is 1. The number of ether oxygens (including phenoxy) is 1. The second kappa shape index (κ2) is 8.36. The Hall–Kier alpha value is -1.30. The van der Waals surface area contributed by atoms with Crippen LogP contribution in [0, 0.1) is 0 Å². The van der Waals surface area contributed by atoms with E-state index < -0.39 is 0 Å². The maximum Gasteiger partial charge on any atom is 0.317 e. The van der Waals surface area contributed by atoms with Crippen molar-refractivity contribution in [2.24, 2.45) is 0 Å². The SMILES string of the molecule is C[C@@H](NC(=O)N(C)CCN1CCOCC1)c1cccc(Cl)c1. The lowest BCUT2D eigenvalue weighted by Gasteiger charge is -2.29. The number of rotatable bonds is 5. The van der Waals surface area contributed by atoms with Crippen molar-refractivity contribution in [3.63, 3.8) is 0 Å². The van der Waals surface area contributed by atoms with E-state index in [1.165, 1.54) is 0 Å². The molecule has 1 fully saturated rings. The van der Waals surface area contributed by atoms with Crippen molar-refractivity contribution in [1.82, 2.24) is 15.1 Å². The molecule has 2 amide bonds. The number of nitrogens with one attached hydrogen (secondary N) is 1. The van der Waals surface area contributed by atoms with Crippen molar-refractivity contribution < 1.29 is 9.53 Å². The van der Waals surface area contributed by atoms with Crippen LogP contribution in [0.4, 0.5) is 4.79 Å². The van der Waals surface area contributed by atoms with E-state index in [1.807, 2.05) is 38.2 Å². The lowest BCUT2D eigenvalue weighted by Crippen LogP contribution is -2.45. The van der Waals surface area contributed by atoms with Gasteiger partial charge < -0.3 is 15.0 Å². The van der Waals surface area contributed by atoms with Crippen molar-refractivity contribution in [2.45, 2.75) is 13.0 Å². The smallest absolute Gasteiger partial charge is 0.317 e. The van der Waals surface area contributed by atoms with Crippen LogP contribution in [0.3, 0.4) is 0 Å². The molecule has 1 N–H and O–H groups in total. The van der Waals surface area contributed by atoms with Gasteiger partial charge in [0.05, 0.1) is 19.3 Å². The predicted molar refractivity (Wildman–Crippen MR) is 88.3 cm³/mol. The highest BCUT2D eigenvalue weighted by molar-refractivity contribution is 6.30. The molecule has 0 spiro atoms. The minimum absolute atomic E-state index is 0.0688. The molecule has 6 heteroatoms. The van der Waals surface area contributed by atoms with Gasteiger partial charge >= 0.3 is 6.03 Å². The van der Waals surface area contributed by atoms with Gasteiger partial charge in [-0.15, -0.1) is 0 Å². The van der Waals surface area contributed by atoms with Crippen LogP contribution in [0.25, 0.3) is 0 Å². The van der Waals surface area contributed by atoms with Crippen LogP contribution in [0.5, 0.6) is 0 Å². The predicted octanol–water partition coefficient (Wildman–Crippen LogP) is 2.37. The third-order valence-corrected chi connectivity index (χ3v) is 4.13. The van der Waals surface area contributed by atoms with Crippen molar-refractivity contribution >= 4 is 17.6 Å². The van der Waals surface area contributed by atoms with Gasteiger partial charge in [-0.3, -0.25) is 4.90 Å². The minimum atomic E-state index is -0.0722.